The molecule has 1 saturated carbocycles. The van der Waals surface area contributed by atoms with Gasteiger partial charge in [0.15, 0.2) is 0 Å². The summed E-state index contributed by atoms with van der Waals surface area (Å²) >= 11 is 0. The van der Waals surface area contributed by atoms with Crippen molar-refractivity contribution < 1.29 is 14.3 Å². The second-order valence-corrected chi connectivity index (χ2v) is 5.17. The van der Waals surface area contributed by atoms with E-state index in [1.165, 1.54) is 6.42 Å². The molecule has 0 aromatic rings. The zero-order valence-corrected chi connectivity index (χ0v) is 10.9. The molecule has 1 fully saturated rings. The van der Waals surface area contributed by atoms with E-state index in [2.05, 4.69) is 20.8 Å². The van der Waals surface area contributed by atoms with Gasteiger partial charge in [-0.05, 0) is 37.5 Å². The molecule has 3 atom stereocenters. The summed E-state index contributed by atoms with van der Waals surface area (Å²) in [6, 6.07) is 0. The maximum absolute atomic E-state index is 11.3. The quantitative estimate of drug-likeness (QED) is 0.692. The zero-order chi connectivity index (χ0) is 12.1. The Labute approximate surface area is 98.5 Å². The average Bonchev–Trinajstić information content (AvgIpc) is 2.17. The van der Waals surface area contributed by atoms with Gasteiger partial charge in [0, 0.05) is 0 Å². The first kappa shape index (κ1) is 13.3. The van der Waals surface area contributed by atoms with Crippen LogP contribution in [0.15, 0.2) is 0 Å². The summed E-state index contributed by atoms with van der Waals surface area (Å²) in [5.41, 5.74) is 0. The maximum Gasteiger partial charge on any atom is 0.508 e. The van der Waals surface area contributed by atoms with Crippen LogP contribution in [-0.2, 0) is 9.47 Å². The third kappa shape index (κ3) is 3.69. The molecule has 3 heteroatoms. The van der Waals surface area contributed by atoms with Crippen molar-refractivity contribution in [2.45, 2.75) is 53.1 Å². The van der Waals surface area contributed by atoms with Crippen molar-refractivity contribution >= 4 is 6.16 Å². The predicted octanol–water partition coefficient (Wildman–Crippen LogP) is 3.62. The number of carbonyl (C=O) groups excluding carboxylic acids is 1. The fourth-order valence-electron chi connectivity index (χ4n) is 2.53. The lowest BCUT2D eigenvalue weighted by Gasteiger charge is -2.36. The van der Waals surface area contributed by atoms with Crippen LogP contribution in [0, 0.1) is 17.8 Å². The molecular weight excluding hydrogens is 204 g/mol. The number of carbonyl (C=O) groups is 1. The first-order valence-corrected chi connectivity index (χ1v) is 6.38. The lowest BCUT2D eigenvalue weighted by atomic mass is 9.75. The largest absolute Gasteiger partial charge is 0.508 e. The molecule has 2 unspecified atom stereocenters. The molecule has 1 aliphatic carbocycles. The maximum atomic E-state index is 11.3. The number of hydrogen-bond donors (Lipinski definition) is 0. The van der Waals surface area contributed by atoms with Crippen LogP contribution >= 0.6 is 0 Å². The highest BCUT2D eigenvalue weighted by molar-refractivity contribution is 5.60. The van der Waals surface area contributed by atoms with Gasteiger partial charge in [0.1, 0.15) is 6.10 Å². The Kier molecular flexibility index (Phi) is 5.10. The standard InChI is InChI=1S/C13H24O3/c1-5-15-13(14)16-12-8-10(4)6-7-11(12)9(2)3/h9-12H,5-8H2,1-4H3/t10-,11?,12?/m1/s1. The SMILES string of the molecule is CCOC(=O)OC1C[C@H](C)CCC1C(C)C. The summed E-state index contributed by atoms with van der Waals surface area (Å²) in [5.74, 6) is 1.70. The van der Waals surface area contributed by atoms with Crippen LogP contribution < -0.4 is 0 Å². The van der Waals surface area contributed by atoms with E-state index in [1.54, 1.807) is 6.92 Å². The van der Waals surface area contributed by atoms with Gasteiger partial charge in [-0.1, -0.05) is 27.2 Å². The van der Waals surface area contributed by atoms with Crippen LogP contribution in [0.2, 0.25) is 0 Å². The van der Waals surface area contributed by atoms with Crippen LogP contribution in [0.25, 0.3) is 0 Å². The third-order valence-electron chi connectivity index (χ3n) is 3.47. The molecule has 16 heavy (non-hydrogen) atoms. The summed E-state index contributed by atoms with van der Waals surface area (Å²) in [5, 5.41) is 0. The van der Waals surface area contributed by atoms with Crippen LogP contribution in [0.5, 0.6) is 0 Å². The molecule has 0 aliphatic heterocycles. The Bertz CT molecular complexity index is 225. The predicted molar refractivity (Wildman–Crippen MR) is 63.2 cm³/mol. The van der Waals surface area contributed by atoms with Gasteiger partial charge in [-0.3, -0.25) is 0 Å². The van der Waals surface area contributed by atoms with E-state index in [9.17, 15) is 4.79 Å². The topological polar surface area (TPSA) is 35.5 Å². The van der Waals surface area contributed by atoms with Crippen molar-refractivity contribution in [2.24, 2.45) is 17.8 Å². The smallest absolute Gasteiger partial charge is 0.435 e. The second-order valence-electron chi connectivity index (χ2n) is 5.17. The van der Waals surface area contributed by atoms with Crippen molar-refractivity contribution in [1.29, 1.82) is 0 Å². The van der Waals surface area contributed by atoms with Crippen LogP contribution in [0.1, 0.15) is 47.0 Å². The number of ether oxygens (including phenoxy) is 2. The van der Waals surface area contributed by atoms with E-state index in [0.717, 1.165) is 12.8 Å². The Morgan fingerprint density at radius 3 is 2.62 bits per heavy atom. The lowest BCUT2D eigenvalue weighted by molar-refractivity contribution is -0.0303. The van der Waals surface area contributed by atoms with Crippen molar-refractivity contribution in [3.8, 4) is 0 Å². The van der Waals surface area contributed by atoms with Crippen molar-refractivity contribution in [3.63, 3.8) is 0 Å². The van der Waals surface area contributed by atoms with E-state index >= 15 is 0 Å². The number of rotatable bonds is 3. The highest BCUT2D eigenvalue weighted by atomic mass is 16.7. The second kappa shape index (κ2) is 6.12. The molecule has 0 radical (unpaired) electrons. The zero-order valence-electron chi connectivity index (χ0n) is 10.9. The molecular formula is C13H24O3. The molecule has 0 spiro atoms. The molecule has 0 aromatic heterocycles. The minimum Gasteiger partial charge on any atom is -0.435 e. The van der Waals surface area contributed by atoms with Gasteiger partial charge in [-0.25, -0.2) is 4.79 Å². The minimum absolute atomic E-state index is 0.0443. The van der Waals surface area contributed by atoms with E-state index in [4.69, 9.17) is 9.47 Å². The highest BCUT2D eigenvalue weighted by Crippen LogP contribution is 2.35. The monoisotopic (exact) mass is 228 g/mol. The molecule has 0 bridgehead atoms. The Morgan fingerprint density at radius 1 is 1.38 bits per heavy atom. The van der Waals surface area contributed by atoms with Crippen LogP contribution in [-0.4, -0.2) is 18.9 Å². The summed E-state index contributed by atoms with van der Waals surface area (Å²) < 4.78 is 10.3. The first-order chi connectivity index (χ1) is 7.54. The molecule has 0 N–H and O–H groups in total. The Morgan fingerprint density at radius 2 is 2.06 bits per heavy atom. The fourth-order valence-corrected chi connectivity index (χ4v) is 2.53. The molecule has 1 rings (SSSR count). The summed E-state index contributed by atoms with van der Waals surface area (Å²) in [4.78, 5) is 11.3. The third-order valence-corrected chi connectivity index (χ3v) is 3.47. The van der Waals surface area contributed by atoms with Gasteiger partial charge < -0.3 is 9.47 Å². The first-order valence-electron chi connectivity index (χ1n) is 6.38. The summed E-state index contributed by atoms with van der Waals surface area (Å²) in [6.45, 7) is 8.79. The van der Waals surface area contributed by atoms with Gasteiger partial charge in [-0.2, -0.15) is 0 Å². The van der Waals surface area contributed by atoms with Gasteiger partial charge in [0.25, 0.3) is 0 Å². The van der Waals surface area contributed by atoms with E-state index in [-0.39, 0.29) is 6.10 Å². The number of hydrogen-bond acceptors (Lipinski definition) is 3. The summed E-state index contributed by atoms with van der Waals surface area (Å²) in [7, 11) is 0. The van der Waals surface area contributed by atoms with Crippen molar-refractivity contribution in [1.82, 2.24) is 0 Å². The molecule has 1 aliphatic rings. The Balaban J connectivity index is 2.54. The fraction of sp³-hybridized carbons (Fsp3) is 0.923. The van der Waals surface area contributed by atoms with E-state index in [1.807, 2.05) is 0 Å². The normalized spacial score (nSPS) is 30.2. The minimum atomic E-state index is -0.507. The molecule has 0 amide bonds. The van der Waals surface area contributed by atoms with Crippen LogP contribution in [0.4, 0.5) is 4.79 Å². The van der Waals surface area contributed by atoms with Gasteiger partial charge in [0.2, 0.25) is 0 Å². The lowest BCUT2D eigenvalue weighted by Crippen LogP contribution is -2.36. The highest BCUT2D eigenvalue weighted by Gasteiger charge is 2.33. The summed E-state index contributed by atoms with van der Waals surface area (Å²) in [6.07, 6.45) is 2.91. The molecule has 0 aromatic carbocycles. The van der Waals surface area contributed by atoms with E-state index < -0.39 is 6.16 Å². The van der Waals surface area contributed by atoms with Crippen LogP contribution in [0.3, 0.4) is 0 Å². The average molecular weight is 228 g/mol. The molecule has 0 heterocycles. The molecule has 3 nitrogen and oxygen atoms in total. The molecule has 0 saturated heterocycles. The van der Waals surface area contributed by atoms with E-state index in [0.29, 0.717) is 24.4 Å². The molecule has 94 valence electrons. The van der Waals surface area contributed by atoms with Gasteiger partial charge >= 0.3 is 6.16 Å². The van der Waals surface area contributed by atoms with Crippen molar-refractivity contribution in [2.75, 3.05) is 6.61 Å². The van der Waals surface area contributed by atoms with Crippen molar-refractivity contribution in [3.05, 3.63) is 0 Å². The van der Waals surface area contributed by atoms with Gasteiger partial charge in [0.05, 0.1) is 6.61 Å². The Hall–Kier alpha value is -0.730. The van der Waals surface area contributed by atoms with Gasteiger partial charge in [-0.15, -0.1) is 0 Å².